The van der Waals surface area contributed by atoms with E-state index in [4.69, 9.17) is 15.2 Å². The van der Waals surface area contributed by atoms with Crippen molar-refractivity contribution in [1.82, 2.24) is 10.6 Å². The second-order valence-corrected chi connectivity index (χ2v) is 4.18. The molecule has 116 valence electrons. The maximum Gasteiger partial charge on any atom is 0.239 e. The summed E-state index contributed by atoms with van der Waals surface area (Å²) in [5.74, 6) is 0.615. The van der Waals surface area contributed by atoms with Crippen LogP contribution in [0.5, 0.6) is 11.5 Å². The van der Waals surface area contributed by atoms with Crippen LogP contribution in [0.15, 0.2) is 18.2 Å². The molecule has 0 radical (unpaired) electrons. The Morgan fingerprint density at radius 3 is 2.57 bits per heavy atom. The first-order valence-electron chi connectivity index (χ1n) is 6.63. The third-order valence-electron chi connectivity index (χ3n) is 2.65. The van der Waals surface area contributed by atoms with E-state index in [1.165, 1.54) is 0 Å². The lowest BCUT2D eigenvalue weighted by molar-refractivity contribution is -0.125. The summed E-state index contributed by atoms with van der Waals surface area (Å²) < 4.78 is 10.6. The Morgan fingerprint density at radius 1 is 1.19 bits per heavy atom. The number of hydrogen-bond donors (Lipinski definition) is 3. The van der Waals surface area contributed by atoms with Gasteiger partial charge in [-0.15, -0.1) is 0 Å². The van der Waals surface area contributed by atoms with Crippen LogP contribution in [0, 0.1) is 0 Å². The zero-order valence-corrected chi connectivity index (χ0v) is 12.3. The van der Waals surface area contributed by atoms with Gasteiger partial charge in [0.05, 0.1) is 26.8 Å². The number of rotatable bonds is 8. The van der Waals surface area contributed by atoms with Crippen LogP contribution in [-0.4, -0.2) is 38.6 Å². The minimum Gasteiger partial charge on any atom is -0.493 e. The van der Waals surface area contributed by atoms with Crippen LogP contribution >= 0.6 is 0 Å². The van der Waals surface area contributed by atoms with Crippen molar-refractivity contribution in [3.63, 3.8) is 0 Å². The van der Waals surface area contributed by atoms with Crippen molar-refractivity contribution in [3.05, 3.63) is 23.8 Å². The van der Waals surface area contributed by atoms with E-state index in [-0.39, 0.29) is 24.9 Å². The lowest BCUT2D eigenvalue weighted by Gasteiger charge is -2.12. The third kappa shape index (κ3) is 5.70. The highest BCUT2D eigenvalue weighted by Gasteiger charge is 2.07. The summed E-state index contributed by atoms with van der Waals surface area (Å²) in [6.07, 6.45) is 0. The average Bonchev–Trinajstić information content (AvgIpc) is 2.51. The number of methoxy groups -OCH3 is 1. The van der Waals surface area contributed by atoms with Crippen molar-refractivity contribution in [2.45, 2.75) is 13.5 Å². The van der Waals surface area contributed by atoms with Gasteiger partial charge in [0.25, 0.3) is 0 Å². The SMILES string of the molecule is CCOc1cc(CNC(=O)CNC(=O)CN)ccc1OC. The molecule has 0 heterocycles. The molecule has 0 unspecified atom stereocenters. The van der Waals surface area contributed by atoms with Gasteiger partial charge in [0, 0.05) is 6.54 Å². The predicted octanol–water partition coefficient (Wildman–Crippen LogP) is -0.215. The van der Waals surface area contributed by atoms with Crippen molar-refractivity contribution in [2.24, 2.45) is 5.73 Å². The average molecular weight is 295 g/mol. The van der Waals surface area contributed by atoms with Gasteiger partial charge >= 0.3 is 0 Å². The van der Waals surface area contributed by atoms with Crippen LogP contribution in [0.3, 0.4) is 0 Å². The lowest BCUT2D eigenvalue weighted by atomic mass is 10.2. The first-order chi connectivity index (χ1) is 10.1. The van der Waals surface area contributed by atoms with E-state index in [0.29, 0.717) is 24.7 Å². The summed E-state index contributed by atoms with van der Waals surface area (Å²) in [5, 5.41) is 5.09. The molecule has 0 spiro atoms. The molecular formula is C14H21N3O4. The minimum absolute atomic E-state index is 0.0928. The summed E-state index contributed by atoms with van der Waals surface area (Å²) in [4.78, 5) is 22.5. The standard InChI is InChI=1S/C14H21N3O4/c1-3-21-12-6-10(4-5-11(12)20-2)8-16-14(19)9-17-13(18)7-15/h4-6H,3,7-9,15H2,1-2H3,(H,16,19)(H,17,18). The summed E-state index contributed by atoms with van der Waals surface area (Å²) in [6.45, 7) is 2.51. The first kappa shape index (κ1) is 16.8. The van der Waals surface area contributed by atoms with Crippen molar-refractivity contribution >= 4 is 11.8 Å². The largest absolute Gasteiger partial charge is 0.493 e. The number of amides is 2. The van der Waals surface area contributed by atoms with Gasteiger partial charge in [0.15, 0.2) is 11.5 Å². The molecule has 0 fully saturated rings. The number of nitrogens with two attached hydrogens (primary N) is 1. The van der Waals surface area contributed by atoms with E-state index in [0.717, 1.165) is 5.56 Å². The molecule has 1 aromatic carbocycles. The quantitative estimate of drug-likeness (QED) is 0.615. The van der Waals surface area contributed by atoms with Crippen LogP contribution in [0.1, 0.15) is 12.5 Å². The molecular weight excluding hydrogens is 274 g/mol. The summed E-state index contributed by atoms with van der Waals surface area (Å²) >= 11 is 0. The number of carbonyl (C=O) groups excluding carboxylic acids is 2. The molecule has 7 nitrogen and oxygen atoms in total. The molecule has 1 aromatic rings. The third-order valence-corrected chi connectivity index (χ3v) is 2.65. The zero-order valence-electron chi connectivity index (χ0n) is 12.3. The van der Waals surface area contributed by atoms with E-state index < -0.39 is 0 Å². The van der Waals surface area contributed by atoms with Gasteiger partial charge in [-0.05, 0) is 24.6 Å². The normalized spacial score (nSPS) is 9.86. The fourth-order valence-electron chi connectivity index (χ4n) is 1.61. The Labute approximate surface area is 123 Å². The van der Waals surface area contributed by atoms with Crippen molar-refractivity contribution in [1.29, 1.82) is 0 Å². The van der Waals surface area contributed by atoms with Gasteiger partial charge in [-0.25, -0.2) is 0 Å². The summed E-state index contributed by atoms with van der Waals surface area (Å²) in [5.41, 5.74) is 6.00. The molecule has 0 atom stereocenters. The summed E-state index contributed by atoms with van der Waals surface area (Å²) in [6, 6.07) is 5.42. The topological polar surface area (TPSA) is 103 Å². The van der Waals surface area contributed by atoms with E-state index >= 15 is 0 Å². The van der Waals surface area contributed by atoms with Crippen LogP contribution in [0.2, 0.25) is 0 Å². The van der Waals surface area contributed by atoms with Gasteiger partial charge in [-0.3, -0.25) is 9.59 Å². The number of nitrogens with one attached hydrogen (secondary N) is 2. The smallest absolute Gasteiger partial charge is 0.239 e. The Bertz CT molecular complexity index is 491. The fraction of sp³-hybridized carbons (Fsp3) is 0.429. The second kappa shape index (κ2) is 8.80. The van der Waals surface area contributed by atoms with Crippen LogP contribution < -0.4 is 25.8 Å². The van der Waals surface area contributed by atoms with Crippen molar-refractivity contribution in [2.75, 3.05) is 26.8 Å². The van der Waals surface area contributed by atoms with Crippen molar-refractivity contribution < 1.29 is 19.1 Å². The second-order valence-electron chi connectivity index (χ2n) is 4.18. The molecule has 0 aliphatic carbocycles. The highest BCUT2D eigenvalue weighted by atomic mass is 16.5. The van der Waals surface area contributed by atoms with E-state index in [1.54, 1.807) is 19.2 Å². The van der Waals surface area contributed by atoms with Gasteiger partial charge in [-0.1, -0.05) is 6.07 Å². The Kier molecular flexibility index (Phi) is 7.03. The number of ether oxygens (including phenoxy) is 2. The first-order valence-corrected chi connectivity index (χ1v) is 6.63. The molecule has 7 heteroatoms. The zero-order chi connectivity index (χ0) is 15.7. The van der Waals surface area contributed by atoms with Crippen molar-refractivity contribution in [3.8, 4) is 11.5 Å². The molecule has 1 rings (SSSR count). The van der Waals surface area contributed by atoms with E-state index in [9.17, 15) is 9.59 Å². The highest BCUT2D eigenvalue weighted by molar-refractivity contribution is 5.85. The maximum atomic E-state index is 11.5. The molecule has 21 heavy (non-hydrogen) atoms. The van der Waals surface area contributed by atoms with Gasteiger partial charge in [0.1, 0.15) is 0 Å². The molecule has 0 saturated heterocycles. The van der Waals surface area contributed by atoms with Gasteiger partial charge in [0.2, 0.25) is 11.8 Å². The van der Waals surface area contributed by atoms with Crippen LogP contribution in [-0.2, 0) is 16.1 Å². The Balaban J connectivity index is 2.53. The van der Waals surface area contributed by atoms with Gasteiger partial charge in [-0.2, -0.15) is 0 Å². The fourth-order valence-corrected chi connectivity index (χ4v) is 1.61. The molecule has 0 saturated carbocycles. The maximum absolute atomic E-state index is 11.5. The molecule has 0 aliphatic rings. The number of carbonyl (C=O) groups is 2. The van der Waals surface area contributed by atoms with E-state index in [1.807, 2.05) is 13.0 Å². The monoisotopic (exact) mass is 295 g/mol. The lowest BCUT2D eigenvalue weighted by Crippen LogP contribution is -2.39. The summed E-state index contributed by atoms with van der Waals surface area (Å²) in [7, 11) is 1.57. The highest BCUT2D eigenvalue weighted by Crippen LogP contribution is 2.27. The van der Waals surface area contributed by atoms with Crippen LogP contribution in [0.25, 0.3) is 0 Å². The van der Waals surface area contributed by atoms with Crippen LogP contribution in [0.4, 0.5) is 0 Å². The van der Waals surface area contributed by atoms with E-state index in [2.05, 4.69) is 10.6 Å². The Hall–Kier alpha value is -2.28. The molecule has 0 aliphatic heterocycles. The molecule has 0 aromatic heterocycles. The predicted molar refractivity (Wildman–Crippen MR) is 78.1 cm³/mol. The number of benzene rings is 1. The minimum atomic E-state index is -0.367. The Morgan fingerprint density at radius 2 is 1.95 bits per heavy atom. The molecule has 0 bridgehead atoms. The number of hydrogen-bond acceptors (Lipinski definition) is 5. The molecule has 2 amide bonds. The molecule has 4 N–H and O–H groups in total. The van der Waals surface area contributed by atoms with Gasteiger partial charge < -0.3 is 25.8 Å².